The highest BCUT2D eigenvalue weighted by molar-refractivity contribution is 5.83. The molecule has 2 aromatic rings. The minimum Gasteiger partial charge on any atom is -0.357 e. The summed E-state index contributed by atoms with van der Waals surface area (Å²) in [5.74, 6) is 0. The van der Waals surface area contributed by atoms with Crippen molar-refractivity contribution in [1.82, 2.24) is 10.3 Å². The third-order valence-corrected chi connectivity index (χ3v) is 2.86. The zero-order chi connectivity index (χ0) is 10.8. The van der Waals surface area contributed by atoms with Gasteiger partial charge >= 0.3 is 0 Å². The maximum atomic E-state index is 3.49. The molecular formula is C13H18N2. The molecule has 0 radical (unpaired) electrons. The first-order valence-electron chi connectivity index (χ1n) is 5.54. The summed E-state index contributed by atoms with van der Waals surface area (Å²) < 4.78 is 0. The van der Waals surface area contributed by atoms with E-state index < -0.39 is 0 Å². The van der Waals surface area contributed by atoms with E-state index in [4.69, 9.17) is 0 Å². The summed E-state index contributed by atoms with van der Waals surface area (Å²) in [6.45, 7) is 7.45. The number of hydrogen-bond acceptors (Lipinski definition) is 1. The molecule has 2 N–H and O–H groups in total. The van der Waals surface area contributed by atoms with Crippen LogP contribution in [0.2, 0.25) is 0 Å². The Morgan fingerprint density at radius 1 is 1.40 bits per heavy atom. The average molecular weight is 202 g/mol. The van der Waals surface area contributed by atoms with Gasteiger partial charge in [-0.15, -0.1) is 0 Å². The van der Waals surface area contributed by atoms with Gasteiger partial charge in [0.1, 0.15) is 0 Å². The second-order valence-electron chi connectivity index (χ2n) is 4.04. The van der Waals surface area contributed by atoms with Crippen molar-refractivity contribution >= 4 is 10.9 Å². The van der Waals surface area contributed by atoms with Crippen molar-refractivity contribution in [2.45, 2.75) is 26.8 Å². The lowest BCUT2D eigenvalue weighted by atomic mass is 10.1. The Balaban J connectivity index is 2.43. The molecule has 0 saturated heterocycles. The molecule has 0 aliphatic rings. The topological polar surface area (TPSA) is 27.8 Å². The van der Waals surface area contributed by atoms with Crippen LogP contribution in [0.15, 0.2) is 24.3 Å². The second kappa shape index (κ2) is 4.07. The predicted molar refractivity (Wildman–Crippen MR) is 65.1 cm³/mol. The molecule has 1 unspecified atom stereocenters. The van der Waals surface area contributed by atoms with Crippen molar-refractivity contribution in [1.29, 1.82) is 0 Å². The molecule has 15 heavy (non-hydrogen) atoms. The Morgan fingerprint density at radius 3 is 2.87 bits per heavy atom. The van der Waals surface area contributed by atoms with Gasteiger partial charge in [-0.05, 0) is 37.4 Å². The van der Waals surface area contributed by atoms with Crippen molar-refractivity contribution < 1.29 is 0 Å². The van der Waals surface area contributed by atoms with E-state index in [9.17, 15) is 0 Å². The smallest absolute Gasteiger partial charge is 0.0486 e. The van der Waals surface area contributed by atoms with E-state index >= 15 is 0 Å². The van der Waals surface area contributed by atoms with E-state index in [0.717, 1.165) is 6.54 Å². The van der Waals surface area contributed by atoms with E-state index in [2.05, 4.69) is 55.3 Å². The minimum atomic E-state index is 0.391. The molecular weight excluding hydrogens is 184 g/mol. The number of nitrogens with one attached hydrogen (secondary N) is 2. The number of aryl methyl sites for hydroxylation is 1. The van der Waals surface area contributed by atoms with Crippen LogP contribution in [-0.2, 0) is 0 Å². The fraction of sp³-hybridized carbons (Fsp3) is 0.385. The van der Waals surface area contributed by atoms with Gasteiger partial charge < -0.3 is 10.3 Å². The van der Waals surface area contributed by atoms with Gasteiger partial charge in [-0.1, -0.05) is 25.1 Å². The van der Waals surface area contributed by atoms with Gasteiger partial charge in [0.2, 0.25) is 0 Å². The van der Waals surface area contributed by atoms with Crippen molar-refractivity contribution in [3.05, 3.63) is 35.5 Å². The van der Waals surface area contributed by atoms with Crippen molar-refractivity contribution in [3.8, 4) is 0 Å². The number of para-hydroxylation sites is 1. The van der Waals surface area contributed by atoms with Crippen LogP contribution in [0.4, 0.5) is 0 Å². The maximum absolute atomic E-state index is 3.49. The molecule has 1 aromatic carbocycles. The Hall–Kier alpha value is -1.28. The fourth-order valence-electron chi connectivity index (χ4n) is 1.98. The second-order valence-corrected chi connectivity index (χ2v) is 4.04. The van der Waals surface area contributed by atoms with Gasteiger partial charge in [0.15, 0.2) is 0 Å². The highest BCUT2D eigenvalue weighted by atomic mass is 14.9. The van der Waals surface area contributed by atoms with Gasteiger partial charge in [0.25, 0.3) is 0 Å². The van der Waals surface area contributed by atoms with Crippen LogP contribution >= 0.6 is 0 Å². The summed E-state index contributed by atoms with van der Waals surface area (Å²) in [5, 5.41) is 4.71. The van der Waals surface area contributed by atoms with E-state index in [-0.39, 0.29) is 0 Å². The monoisotopic (exact) mass is 202 g/mol. The van der Waals surface area contributed by atoms with Crippen LogP contribution in [0.5, 0.6) is 0 Å². The van der Waals surface area contributed by atoms with E-state index in [0.29, 0.717) is 6.04 Å². The summed E-state index contributed by atoms with van der Waals surface area (Å²) in [7, 11) is 0. The van der Waals surface area contributed by atoms with Crippen molar-refractivity contribution in [2.75, 3.05) is 6.54 Å². The lowest BCUT2D eigenvalue weighted by molar-refractivity contribution is 0.587. The van der Waals surface area contributed by atoms with Gasteiger partial charge in [0.05, 0.1) is 0 Å². The molecule has 0 aliphatic carbocycles. The summed E-state index contributed by atoms with van der Waals surface area (Å²) in [6, 6.07) is 9.02. The van der Waals surface area contributed by atoms with E-state index in [1.54, 1.807) is 0 Å². The lowest BCUT2D eigenvalue weighted by Crippen LogP contribution is -2.17. The van der Waals surface area contributed by atoms with Gasteiger partial charge in [-0.3, -0.25) is 0 Å². The lowest BCUT2D eigenvalue weighted by Gasteiger charge is -2.09. The van der Waals surface area contributed by atoms with Crippen LogP contribution < -0.4 is 5.32 Å². The summed E-state index contributed by atoms with van der Waals surface area (Å²) in [6.07, 6.45) is 0. The number of aromatic amines is 1. The number of rotatable bonds is 3. The number of hydrogen-bond donors (Lipinski definition) is 2. The van der Waals surface area contributed by atoms with Crippen molar-refractivity contribution in [3.63, 3.8) is 0 Å². The zero-order valence-electron chi connectivity index (χ0n) is 9.59. The molecule has 80 valence electrons. The summed E-state index contributed by atoms with van der Waals surface area (Å²) in [4.78, 5) is 3.49. The molecule has 1 heterocycles. The average Bonchev–Trinajstić information content (AvgIpc) is 2.63. The van der Waals surface area contributed by atoms with Crippen LogP contribution in [-0.4, -0.2) is 11.5 Å². The molecule has 0 saturated carbocycles. The third kappa shape index (κ3) is 1.90. The van der Waals surface area contributed by atoms with Crippen LogP contribution in [0.3, 0.4) is 0 Å². The Labute approximate surface area is 90.7 Å². The van der Waals surface area contributed by atoms with Gasteiger partial charge in [0, 0.05) is 17.3 Å². The largest absolute Gasteiger partial charge is 0.357 e. The van der Waals surface area contributed by atoms with Crippen molar-refractivity contribution in [2.24, 2.45) is 0 Å². The molecule has 0 amide bonds. The standard InChI is InChI=1S/C13H18N2/c1-4-14-10(3)12-8-11-7-5-6-9(2)13(11)15-12/h5-8,10,14-15H,4H2,1-3H3. The first-order valence-corrected chi connectivity index (χ1v) is 5.54. The molecule has 2 nitrogen and oxygen atoms in total. The fourth-order valence-corrected chi connectivity index (χ4v) is 1.98. The van der Waals surface area contributed by atoms with Crippen LogP contribution in [0, 0.1) is 6.92 Å². The van der Waals surface area contributed by atoms with Gasteiger partial charge in [-0.25, -0.2) is 0 Å². The highest BCUT2D eigenvalue weighted by Gasteiger charge is 2.07. The molecule has 1 atom stereocenters. The molecule has 1 aromatic heterocycles. The van der Waals surface area contributed by atoms with Crippen LogP contribution in [0.1, 0.15) is 31.1 Å². The van der Waals surface area contributed by atoms with Crippen LogP contribution in [0.25, 0.3) is 10.9 Å². The first-order chi connectivity index (χ1) is 7.22. The number of H-pyrrole nitrogens is 1. The summed E-state index contributed by atoms with van der Waals surface area (Å²) >= 11 is 0. The maximum Gasteiger partial charge on any atom is 0.0486 e. The minimum absolute atomic E-state index is 0.391. The Morgan fingerprint density at radius 2 is 2.20 bits per heavy atom. The molecule has 0 bridgehead atoms. The van der Waals surface area contributed by atoms with E-state index in [1.807, 2.05) is 0 Å². The molecule has 0 aliphatic heterocycles. The molecule has 2 rings (SSSR count). The number of benzene rings is 1. The predicted octanol–water partition coefficient (Wildman–Crippen LogP) is 3.15. The SMILES string of the molecule is CCNC(C)c1cc2cccc(C)c2[nH]1. The zero-order valence-corrected chi connectivity index (χ0v) is 9.59. The third-order valence-electron chi connectivity index (χ3n) is 2.86. The number of aromatic nitrogens is 1. The first kappa shape index (κ1) is 10.2. The highest BCUT2D eigenvalue weighted by Crippen LogP contribution is 2.22. The molecule has 2 heteroatoms. The van der Waals surface area contributed by atoms with Gasteiger partial charge in [-0.2, -0.15) is 0 Å². The summed E-state index contributed by atoms with van der Waals surface area (Å²) in [5.41, 5.74) is 3.83. The number of fused-ring (bicyclic) bond motifs is 1. The quantitative estimate of drug-likeness (QED) is 0.786. The van der Waals surface area contributed by atoms with E-state index in [1.165, 1.54) is 22.2 Å². The molecule has 0 spiro atoms. The molecule has 0 fully saturated rings. The Bertz CT molecular complexity index is 457. The normalized spacial score (nSPS) is 13.3. The Kier molecular flexibility index (Phi) is 2.78.